The molecule has 0 aromatic carbocycles. The largest absolute Gasteiger partial charge is 0.494 e. The van der Waals surface area contributed by atoms with Crippen LogP contribution in [-0.4, -0.2) is 42.7 Å². The van der Waals surface area contributed by atoms with Gasteiger partial charge in [-0.3, -0.25) is 14.2 Å². The zero-order valence-corrected chi connectivity index (χ0v) is 14.4. The Morgan fingerprint density at radius 2 is 2.16 bits per heavy atom. The molecule has 1 fully saturated rings. The Kier molecular flexibility index (Phi) is 4.02. The highest BCUT2D eigenvalue weighted by Gasteiger charge is 2.30. The summed E-state index contributed by atoms with van der Waals surface area (Å²) in [5.41, 5.74) is -0.725. The molecule has 25 heavy (non-hydrogen) atoms. The molecule has 3 N–H and O–H groups in total. The molecule has 0 spiro atoms. The summed E-state index contributed by atoms with van der Waals surface area (Å²) in [5, 5.41) is 29.0. The van der Waals surface area contributed by atoms with Crippen LogP contribution in [0.1, 0.15) is 49.7 Å². The molecule has 0 aliphatic heterocycles. The zero-order chi connectivity index (χ0) is 18.4. The Morgan fingerprint density at radius 3 is 2.72 bits per heavy atom. The number of nitrogens with zero attached hydrogens (tertiary/aromatic N) is 4. The lowest BCUT2D eigenvalue weighted by Gasteiger charge is -2.23. The summed E-state index contributed by atoms with van der Waals surface area (Å²) in [6.45, 7) is 6.26. The van der Waals surface area contributed by atoms with Crippen molar-refractivity contribution in [2.24, 2.45) is 10.6 Å². The van der Waals surface area contributed by atoms with Crippen LogP contribution in [0.15, 0.2) is 16.0 Å². The molecular formula is C16H21N5O4. The highest BCUT2D eigenvalue weighted by atomic mass is 16.4. The van der Waals surface area contributed by atoms with E-state index >= 15 is 0 Å². The molecule has 0 unspecified atom stereocenters. The summed E-state index contributed by atoms with van der Waals surface area (Å²) >= 11 is 0. The molecule has 2 aromatic heterocycles. The topological polar surface area (TPSA) is 121 Å². The number of nitrogens with one attached hydrogen (secondary N) is 1. The molecule has 1 saturated carbocycles. The van der Waals surface area contributed by atoms with E-state index in [2.05, 4.69) is 15.6 Å². The first-order valence-corrected chi connectivity index (χ1v) is 8.05. The summed E-state index contributed by atoms with van der Waals surface area (Å²) in [6.07, 6.45) is 2.81. The average molecular weight is 347 g/mol. The van der Waals surface area contributed by atoms with Gasteiger partial charge in [-0.05, 0) is 18.3 Å². The Balaban J connectivity index is 2.24. The first-order valence-electron chi connectivity index (χ1n) is 8.05. The summed E-state index contributed by atoms with van der Waals surface area (Å²) in [7, 11) is 0. The molecule has 1 aliphatic carbocycles. The summed E-state index contributed by atoms with van der Waals surface area (Å²) in [6, 6.07) is 1.56. The van der Waals surface area contributed by atoms with Crippen LogP contribution in [0.2, 0.25) is 0 Å². The van der Waals surface area contributed by atoms with E-state index in [0.717, 1.165) is 23.6 Å². The van der Waals surface area contributed by atoms with Crippen molar-refractivity contribution in [3.63, 3.8) is 0 Å². The predicted molar refractivity (Wildman–Crippen MR) is 90.4 cm³/mol. The fourth-order valence-corrected chi connectivity index (χ4v) is 2.61. The minimum Gasteiger partial charge on any atom is -0.494 e. The van der Waals surface area contributed by atoms with Crippen LogP contribution < -0.4 is 10.9 Å². The standard InChI is InChI=1S/C16H21N5O4/c1-16(2,3)8-20-11-6-10(7-17-25)19-21(11)15(24)12(14(20)23)13(22)18-9-4-5-9/h6-7,9,23,25H,4-5,8H2,1-3H3,(H,18,22)/b17-7+. The van der Waals surface area contributed by atoms with Gasteiger partial charge in [0.15, 0.2) is 5.56 Å². The molecule has 2 aromatic rings. The number of rotatable bonds is 4. The first kappa shape index (κ1) is 17.0. The average Bonchev–Trinajstić information content (AvgIpc) is 3.20. The Hall–Kier alpha value is -2.84. The SMILES string of the molecule is CC(C)(C)Cn1c(O)c(C(=O)NC2CC2)c(=O)n2nc(/C=N/O)cc12. The number of amides is 1. The van der Waals surface area contributed by atoms with Gasteiger partial charge in [0, 0.05) is 18.7 Å². The van der Waals surface area contributed by atoms with Crippen molar-refractivity contribution < 1.29 is 15.1 Å². The molecule has 3 rings (SSSR count). The van der Waals surface area contributed by atoms with Gasteiger partial charge < -0.3 is 15.6 Å². The van der Waals surface area contributed by atoms with E-state index in [1.165, 1.54) is 10.6 Å². The Morgan fingerprint density at radius 1 is 1.48 bits per heavy atom. The summed E-state index contributed by atoms with van der Waals surface area (Å²) in [4.78, 5) is 25.1. The van der Waals surface area contributed by atoms with E-state index in [4.69, 9.17) is 5.21 Å². The normalized spacial score (nSPS) is 15.2. The van der Waals surface area contributed by atoms with Gasteiger partial charge in [0.2, 0.25) is 5.88 Å². The lowest BCUT2D eigenvalue weighted by molar-refractivity contribution is 0.0944. The number of carbonyl (C=O) groups excluding carboxylic acids is 1. The van der Waals surface area contributed by atoms with Crippen molar-refractivity contribution in [1.29, 1.82) is 0 Å². The van der Waals surface area contributed by atoms with Crippen LogP contribution in [0.25, 0.3) is 5.65 Å². The van der Waals surface area contributed by atoms with Crippen LogP contribution in [0, 0.1) is 5.41 Å². The number of carbonyl (C=O) groups is 1. The molecule has 9 nitrogen and oxygen atoms in total. The molecular weight excluding hydrogens is 326 g/mol. The maximum absolute atomic E-state index is 12.7. The maximum atomic E-state index is 12.7. The third kappa shape index (κ3) is 3.35. The Bertz CT molecular complexity index is 915. The van der Waals surface area contributed by atoms with E-state index in [1.54, 1.807) is 0 Å². The quantitative estimate of drug-likeness (QED) is 0.432. The third-order valence-electron chi connectivity index (χ3n) is 3.83. The van der Waals surface area contributed by atoms with Gasteiger partial charge in [-0.1, -0.05) is 25.9 Å². The van der Waals surface area contributed by atoms with Crippen LogP contribution >= 0.6 is 0 Å². The smallest absolute Gasteiger partial charge is 0.291 e. The van der Waals surface area contributed by atoms with Gasteiger partial charge in [-0.15, -0.1) is 0 Å². The monoisotopic (exact) mass is 347 g/mol. The minimum atomic E-state index is -0.714. The van der Waals surface area contributed by atoms with E-state index in [9.17, 15) is 14.7 Å². The van der Waals surface area contributed by atoms with Crippen molar-refractivity contribution in [3.05, 3.63) is 27.7 Å². The lowest BCUT2D eigenvalue weighted by atomic mass is 9.96. The number of aromatic hydroxyl groups is 1. The van der Waals surface area contributed by atoms with Gasteiger partial charge in [0.25, 0.3) is 11.5 Å². The Labute approximate surface area is 143 Å². The number of hydrogen-bond acceptors (Lipinski definition) is 6. The fraction of sp³-hybridized carbons (Fsp3) is 0.500. The molecule has 9 heteroatoms. The molecule has 2 heterocycles. The number of fused-ring (bicyclic) bond motifs is 1. The summed E-state index contributed by atoms with van der Waals surface area (Å²) in [5.74, 6) is -1.000. The zero-order valence-electron chi connectivity index (χ0n) is 14.4. The third-order valence-corrected chi connectivity index (χ3v) is 3.83. The number of aromatic nitrogens is 3. The van der Waals surface area contributed by atoms with Crippen molar-refractivity contribution in [3.8, 4) is 5.88 Å². The van der Waals surface area contributed by atoms with Gasteiger partial charge >= 0.3 is 0 Å². The molecule has 0 radical (unpaired) electrons. The van der Waals surface area contributed by atoms with E-state index in [-0.39, 0.29) is 22.7 Å². The first-order chi connectivity index (χ1) is 11.7. The van der Waals surface area contributed by atoms with Gasteiger partial charge in [0.1, 0.15) is 11.3 Å². The van der Waals surface area contributed by atoms with Crippen LogP contribution in [0.4, 0.5) is 0 Å². The second-order valence-corrected chi connectivity index (χ2v) is 7.48. The number of oxime groups is 1. The minimum absolute atomic E-state index is 0.0489. The molecule has 1 amide bonds. The molecule has 0 bridgehead atoms. The highest BCUT2D eigenvalue weighted by Crippen LogP contribution is 2.26. The van der Waals surface area contributed by atoms with Gasteiger partial charge in [-0.2, -0.15) is 9.61 Å². The lowest BCUT2D eigenvalue weighted by Crippen LogP contribution is -2.35. The number of hydrogen-bond donors (Lipinski definition) is 3. The van der Waals surface area contributed by atoms with Crippen molar-refractivity contribution in [2.75, 3.05) is 0 Å². The van der Waals surface area contributed by atoms with Crippen molar-refractivity contribution >= 4 is 17.8 Å². The second kappa shape index (κ2) is 5.91. The van der Waals surface area contributed by atoms with Crippen LogP contribution in [0.5, 0.6) is 5.88 Å². The van der Waals surface area contributed by atoms with E-state index in [0.29, 0.717) is 12.2 Å². The molecule has 134 valence electrons. The molecule has 1 aliphatic rings. The van der Waals surface area contributed by atoms with Crippen LogP contribution in [0.3, 0.4) is 0 Å². The van der Waals surface area contributed by atoms with Crippen LogP contribution in [-0.2, 0) is 6.54 Å². The highest BCUT2D eigenvalue weighted by molar-refractivity contribution is 5.96. The van der Waals surface area contributed by atoms with E-state index in [1.807, 2.05) is 20.8 Å². The summed E-state index contributed by atoms with van der Waals surface area (Å²) < 4.78 is 2.52. The predicted octanol–water partition coefficient (Wildman–Crippen LogP) is 0.948. The fourth-order valence-electron chi connectivity index (χ4n) is 2.61. The van der Waals surface area contributed by atoms with Gasteiger partial charge in [-0.25, -0.2) is 0 Å². The molecule has 0 atom stereocenters. The van der Waals surface area contributed by atoms with E-state index < -0.39 is 17.3 Å². The maximum Gasteiger partial charge on any atom is 0.291 e. The van der Waals surface area contributed by atoms with Crippen molar-refractivity contribution in [1.82, 2.24) is 19.5 Å². The molecule has 0 saturated heterocycles. The van der Waals surface area contributed by atoms with Gasteiger partial charge in [0.05, 0.1) is 6.21 Å². The van der Waals surface area contributed by atoms with Crippen molar-refractivity contribution in [2.45, 2.75) is 46.2 Å². The second-order valence-electron chi connectivity index (χ2n) is 7.48.